The average molecular weight is 205 g/mol. The van der Waals surface area contributed by atoms with Crippen molar-refractivity contribution in [2.45, 2.75) is 0 Å². The SMILES string of the molecule is [Cl][Zn][Cl].c1cn[nH]n1. The predicted molar refractivity (Wildman–Crippen MR) is 28.1 cm³/mol. The molecule has 0 spiro atoms. The fourth-order valence-electron chi connectivity index (χ4n) is 0.167. The van der Waals surface area contributed by atoms with E-state index in [1.807, 2.05) is 0 Å². The van der Waals surface area contributed by atoms with Crippen LogP contribution in [0, 0.1) is 0 Å². The summed E-state index contributed by atoms with van der Waals surface area (Å²) in [6.07, 6.45) is 3.17. The molecule has 6 heteroatoms. The molecule has 0 saturated carbocycles. The van der Waals surface area contributed by atoms with Gasteiger partial charge in [0, 0.05) is 0 Å². The molecule has 0 bridgehead atoms. The molecule has 1 N–H and O–H groups in total. The van der Waals surface area contributed by atoms with Crippen LogP contribution in [0.25, 0.3) is 0 Å². The topological polar surface area (TPSA) is 41.6 Å². The third-order valence-corrected chi connectivity index (χ3v) is 0.331. The molecule has 0 atom stereocenters. The molecule has 1 rings (SSSR count). The molecule has 0 fully saturated rings. The zero-order valence-electron chi connectivity index (χ0n) is 4.01. The van der Waals surface area contributed by atoms with Gasteiger partial charge in [-0.15, -0.1) is 0 Å². The maximum Gasteiger partial charge on any atom is 0.0690 e. The number of aromatic amines is 1. The van der Waals surface area contributed by atoms with E-state index in [0.29, 0.717) is 0 Å². The van der Waals surface area contributed by atoms with Crippen LogP contribution in [0.5, 0.6) is 0 Å². The van der Waals surface area contributed by atoms with Gasteiger partial charge in [0.15, 0.2) is 0 Å². The molecule has 0 unspecified atom stereocenters. The van der Waals surface area contributed by atoms with Gasteiger partial charge in [0.05, 0.1) is 12.4 Å². The Balaban J connectivity index is 0.000000145. The molecule has 0 aromatic carbocycles. The first-order valence-corrected chi connectivity index (χ1v) is 9.63. The van der Waals surface area contributed by atoms with Crippen molar-refractivity contribution in [3.8, 4) is 0 Å². The Labute approximate surface area is 62.4 Å². The van der Waals surface area contributed by atoms with Gasteiger partial charge in [0.25, 0.3) is 0 Å². The van der Waals surface area contributed by atoms with Crippen LogP contribution in [-0.2, 0) is 15.1 Å². The van der Waals surface area contributed by atoms with Crippen molar-refractivity contribution in [2.75, 3.05) is 0 Å². The smallest absolute Gasteiger partial charge is 0.0690 e. The standard InChI is InChI=1S/C2H3N3.2ClH.Zn/c1-2-4-5-3-1;;;/h1-2H,(H,3,4,5);2*1H;/q;;;+2/p-2. The van der Waals surface area contributed by atoms with E-state index in [2.05, 4.69) is 15.4 Å². The fourth-order valence-corrected chi connectivity index (χ4v) is 0.167. The third-order valence-electron chi connectivity index (χ3n) is 0.331. The molecule has 1 aromatic heterocycles. The Bertz CT molecular complexity index is 82.2. The van der Waals surface area contributed by atoms with Gasteiger partial charge in [0.1, 0.15) is 0 Å². The van der Waals surface area contributed by atoms with Crippen LogP contribution in [0.15, 0.2) is 12.4 Å². The van der Waals surface area contributed by atoms with Crippen molar-refractivity contribution in [3.05, 3.63) is 12.4 Å². The van der Waals surface area contributed by atoms with Gasteiger partial charge in [-0.2, -0.15) is 15.4 Å². The van der Waals surface area contributed by atoms with Crippen molar-refractivity contribution in [3.63, 3.8) is 0 Å². The van der Waals surface area contributed by atoms with E-state index in [0.717, 1.165) is 0 Å². The summed E-state index contributed by atoms with van der Waals surface area (Å²) in [5, 5.41) is 9.33. The molecule has 0 amide bonds. The van der Waals surface area contributed by atoms with E-state index < -0.39 is 15.1 Å². The van der Waals surface area contributed by atoms with Crippen LogP contribution >= 0.6 is 19.4 Å². The second kappa shape index (κ2) is 7.34. The Kier molecular flexibility index (Phi) is 7.66. The Morgan fingerprint density at radius 1 is 1.25 bits per heavy atom. The van der Waals surface area contributed by atoms with E-state index in [9.17, 15) is 0 Å². The van der Waals surface area contributed by atoms with Gasteiger partial charge in [-0.3, -0.25) is 0 Å². The van der Waals surface area contributed by atoms with Crippen LogP contribution in [0.3, 0.4) is 0 Å². The summed E-state index contributed by atoms with van der Waals surface area (Å²) in [6.45, 7) is 0. The van der Waals surface area contributed by atoms with Crippen molar-refractivity contribution in [1.82, 2.24) is 15.4 Å². The van der Waals surface area contributed by atoms with Gasteiger partial charge < -0.3 is 0 Å². The molecular weight excluding hydrogens is 202 g/mol. The maximum absolute atomic E-state index is 4.95. The summed E-state index contributed by atoms with van der Waals surface area (Å²) in [6, 6.07) is 0. The van der Waals surface area contributed by atoms with E-state index >= 15 is 0 Å². The number of halogens is 2. The number of hydrogen-bond acceptors (Lipinski definition) is 2. The molecule has 42 valence electrons. The molecule has 3 nitrogen and oxygen atoms in total. The van der Waals surface area contributed by atoms with Crippen LogP contribution in [0.4, 0.5) is 0 Å². The Hall–Kier alpha value is 0.343. The Morgan fingerprint density at radius 3 is 1.75 bits per heavy atom. The number of nitrogens with one attached hydrogen (secondary N) is 1. The molecular formula is C2H3Cl2N3Zn. The van der Waals surface area contributed by atoms with Gasteiger partial charge >= 0.3 is 34.5 Å². The third kappa shape index (κ3) is 6.34. The van der Waals surface area contributed by atoms with Crippen molar-refractivity contribution in [2.24, 2.45) is 0 Å². The predicted octanol–water partition coefficient (Wildman–Crippen LogP) is 1.18. The van der Waals surface area contributed by atoms with Gasteiger partial charge in [-0.25, -0.2) is 0 Å². The zero-order chi connectivity index (χ0) is 6.24. The summed E-state index contributed by atoms with van der Waals surface area (Å²) in [5.41, 5.74) is 0. The molecule has 0 aliphatic carbocycles. The molecule has 8 heavy (non-hydrogen) atoms. The number of rotatable bonds is 0. The monoisotopic (exact) mass is 203 g/mol. The second-order valence-electron chi connectivity index (χ2n) is 0.757. The summed E-state index contributed by atoms with van der Waals surface area (Å²) < 4.78 is 0. The van der Waals surface area contributed by atoms with E-state index in [1.165, 1.54) is 0 Å². The van der Waals surface area contributed by atoms with Crippen molar-refractivity contribution < 1.29 is 15.1 Å². The number of hydrogen-bond donors (Lipinski definition) is 1. The minimum Gasteiger partial charge on any atom is -0.198 e. The molecule has 1 aromatic rings. The fraction of sp³-hybridized carbons (Fsp3) is 0. The van der Waals surface area contributed by atoms with Gasteiger partial charge in [0.2, 0.25) is 0 Å². The summed E-state index contributed by atoms with van der Waals surface area (Å²) >= 11 is -0.931. The molecule has 0 aliphatic rings. The van der Waals surface area contributed by atoms with E-state index in [4.69, 9.17) is 19.4 Å². The van der Waals surface area contributed by atoms with E-state index in [-0.39, 0.29) is 0 Å². The summed E-state index contributed by atoms with van der Waals surface area (Å²) in [5.74, 6) is 0. The zero-order valence-corrected chi connectivity index (χ0v) is 8.49. The minimum atomic E-state index is -0.931. The molecule has 0 aliphatic heterocycles. The Morgan fingerprint density at radius 2 is 1.62 bits per heavy atom. The normalized spacial score (nSPS) is 6.25. The minimum absolute atomic E-state index is 0.931. The summed E-state index contributed by atoms with van der Waals surface area (Å²) in [7, 11) is 9.90. The first kappa shape index (κ1) is 8.34. The maximum atomic E-state index is 4.95. The molecule has 1 heterocycles. The largest absolute Gasteiger partial charge is 0.198 e. The van der Waals surface area contributed by atoms with Crippen LogP contribution < -0.4 is 0 Å². The van der Waals surface area contributed by atoms with E-state index in [1.54, 1.807) is 12.4 Å². The van der Waals surface area contributed by atoms with Gasteiger partial charge in [-0.05, 0) is 0 Å². The first-order chi connectivity index (χ1) is 3.91. The number of H-pyrrole nitrogens is 1. The first-order valence-electron chi connectivity index (χ1n) is 1.83. The van der Waals surface area contributed by atoms with Gasteiger partial charge in [-0.1, -0.05) is 0 Å². The summed E-state index contributed by atoms with van der Waals surface area (Å²) in [4.78, 5) is 0. The van der Waals surface area contributed by atoms with Crippen molar-refractivity contribution in [1.29, 1.82) is 0 Å². The molecule has 0 saturated heterocycles. The van der Waals surface area contributed by atoms with Crippen LogP contribution in [0.2, 0.25) is 0 Å². The van der Waals surface area contributed by atoms with Crippen molar-refractivity contribution >= 4 is 19.4 Å². The number of aromatic nitrogens is 3. The molecule has 0 radical (unpaired) electrons. The number of nitrogens with zero attached hydrogens (tertiary/aromatic N) is 2. The van der Waals surface area contributed by atoms with Crippen LogP contribution in [0.1, 0.15) is 0 Å². The quantitative estimate of drug-likeness (QED) is 0.646. The van der Waals surface area contributed by atoms with Crippen LogP contribution in [-0.4, -0.2) is 15.4 Å². The average Bonchev–Trinajstić information content (AvgIpc) is 2.17. The second-order valence-corrected chi connectivity index (χ2v) is 5.38.